The van der Waals surface area contributed by atoms with Gasteiger partial charge in [0.05, 0.1) is 11.5 Å². The molecule has 8 fully saturated rings. The summed E-state index contributed by atoms with van der Waals surface area (Å²) in [6.07, 6.45) is -4.12. The summed E-state index contributed by atoms with van der Waals surface area (Å²) in [6.45, 7) is 11.7. The van der Waals surface area contributed by atoms with Crippen LogP contribution < -0.4 is 0 Å². The Morgan fingerprint density at radius 2 is 1.61 bits per heavy atom. The second kappa shape index (κ2) is 8.05. The van der Waals surface area contributed by atoms with Gasteiger partial charge in [0.2, 0.25) is 5.79 Å². The first-order valence-corrected chi connectivity index (χ1v) is 15.9. The SMILES string of the molecule is CC(=O)O[C@H]1C[C@H]2[C@@H]([C@@H](O)C(=O)[C@@]3(O)C[C@@H]4O[C@@H]4[C@H](OC(C)=O)[C@]23C)[C@@H]2C[C@@H]3[C@H]([C@H](C)[C@@H]4O[C@@]45OC(=O)[C@@](C)(O)[C@]35C)[C@@]12C. The molecule has 3 heterocycles. The number of Topliss-reactive ketones (excluding diaryl/α,β-unsaturated/α-hetero) is 1. The topological polar surface area (TPSA) is 182 Å². The molecular formula is C32H42O12. The molecule has 12 heteroatoms. The molecule has 242 valence electrons. The van der Waals surface area contributed by atoms with Crippen molar-refractivity contribution >= 4 is 23.7 Å². The Labute approximate surface area is 255 Å². The lowest BCUT2D eigenvalue weighted by Gasteiger charge is -2.65. The van der Waals surface area contributed by atoms with Gasteiger partial charge in [-0.2, -0.15) is 0 Å². The van der Waals surface area contributed by atoms with Crippen molar-refractivity contribution in [1.82, 2.24) is 0 Å². The van der Waals surface area contributed by atoms with Gasteiger partial charge in [-0.3, -0.25) is 14.4 Å². The number of epoxide rings is 2. The third kappa shape index (κ3) is 2.83. The molecular weight excluding hydrogens is 576 g/mol. The molecule has 0 bridgehead atoms. The van der Waals surface area contributed by atoms with Crippen LogP contribution in [0.25, 0.3) is 0 Å². The van der Waals surface area contributed by atoms with E-state index in [1.54, 1.807) is 6.92 Å². The number of esters is 3. The van der Waals surface area contributed by atoms with E-state index >= 15 is 0 Å². The van der Waals surface area contributed by atoms with Crippen LogP contribution in [0.2, 0.25) is 0 Å². The minimum absolute atomic E-state index is 0.0323. The van der Waals surface area contributed by atoms with E-state index in [-0.39, 0.29) is 30.6 Å². The fourth-order valence-electron chi connectivity index (χ4n) is 12.4. The van der Waals surface area contributed by atoms with E-state index in [0.717, 1.165) is 0 Å². The van der Waals surface area contributed by atoms with E-state index in [4.69, 9.17) is 23.7 Å². The van der Waals surface area contributed by atoms with Crippen LogP contribution in [-0.2, 0) is 42.9 Å². The van der Waals surface area contributed by atoms with Crippen LogP contribution in [0, 0.1) is 51.8 Å². The van der Waals surface area contributed by atoms with E-state index in [9.17, 15) is 34.5 Å². The zero-order chi connectivity index (χ0) is 31.9. The molecule has 12 nitrogen and oxygen atoms in total. The second-order valence-corrected chi connectivity index (χ2v) is 15.9. The predicted octanol–water partition coefficient (Wildman–Crippen LogP) is 0.656. The van der Waals surface area contributed by atoms with E-state index in [0.29, 0.717) is 6.42 Å². The van der Waals surface area contributed by atoms with Gasteiger partial charge in [0.15, 0.2) is 11.4 Å². The lowest BCUT2D eigenvalue weighted by molar-refractivity contribution is -0.263. The molecule has 0 amide bonds. The largest absolute Gasteiger partial charge is 0.462 e. The van der Waals surface area contributed by atoms with Gasteiger partial charge >= 0.3 is 17.9 Å². The molecule has 5 aliphatic carbocycles. The Morgan fingerprint density at radius 3 is 2.25 bits per heavy atom. The molecule has 18 atom stereocenters. The van der Waals surface area contributed by atoms with Crippen molar-refractivity contribution in [2.45, 2.75) is 121 Å². The number of carbonyl (C=O) groups excluding carboxylic acids is 4. The van der Waals surface area contributed by atoms with Gasteiger partial charge in [-0.05, 0) is 62.2 Å². The predicted molar refractivity (Wildman–Crippen MR) is 145 cm³/mol. The van der Waals surface area contributed by atoms with Crippen LogP contribution in [0.3, 0.4) is 0 Å². The molecule has 3 aliphatic heterocycles. The normalized spacial score (nSPS) is 62.4. The molecule has 0 aromatic rings. The average molecular weight is 619 g/mol. The van der Waals surface area contributed by atoms with Crippen LogP contribution in [-0.4, -0.2) is 92.6 Å². The second-order valence-electron chi connectivity index (χ2n) is 15.9. The van der Waals surface area contributed by atoms with Crippen LogP contribution in [0.15, 0.2) is 0 Å². The van der Waals surface area contributed by atoms with Crippen molar-refractivity contribution < 1.29 is 58.2 Å². The standard InChI is InChI=1S/C32H42O12/c1-11-20-16(29(6)30(7,38)26(37)44-32(29)24(11)43-32)8-14-19-15(9-18(27(14,20)4)40-12(2)33)28(5)25(41-13(3)34)22-17(42-22)10-31(28,39)23(36)21(19)35/h11,14-22,24-25,35,38-39H,8-10H2,1-7H3/t11-,14-,15-,16+,17-,18-,19-,20-,21+,22-,24-,25-,27+,28-,29-,30+,31-,32+/m0/s1. The Kier molecular flexibility index (Phi) is 5.36. The molecule has 0 aromatic carbocycles. The molecule has 8 aliphatic rings. The lowest BCUT2D eigenvalue weighted by atomic mass is 9.40. The fourth-order valence-corrected chi connectivity index (χ4v) is 12.4. The minimum Gasteiger partial charge on any atom is -0.462 e. The molecule has 1 spiro atoms. The number of aliphatic hydroxyl groups excluding tert-OH is 1. The Bertz CT molecular complexity index is 1410. The minimum atomic E-state index is -2.04. The van der Waals surface area contributed by atoms with Crippen molar-refractivity contribution in [1.29, 1.82) is 0 Å². The Hall–Kier alpha value is -2.12. The fraction of sp³-hybridized carbons (Fsp3) is 0.875. The Morgan fingerprint density at radius 1 is 0.955 bits per heavy atom. The highest BCUT2D eigenvalue weighted by Crippen LogP contribution is 2.80. The number of hydrogen-bond acceptors (Lipinski definition) is 12. The summed E-state index contributed by atoms with van der Waals surface area (Å²) in [5.74, 6) is -6.35. The van der Waals surface area contributed by atoms with Crippen molar-refractivity contribution in [2.24, 2.45) is 51.8 Å². The average Bonchev–Trinajstić information content (AvgIpc) is 3.82. The summed E-state index contributed by atoms with van der Waals surface area (Å²) in [6, 6.07) is 0. The number of carbonyl (C=O) groups is 4. The summed E-state index contributed by atoms with van der Waals surface area (Å²) in [5, 5.41) is 35.9. The number of fused-ring (bicyclic) bond motifs is 9. The molecule has 8 rings (SSSR count). The zero-order valence-electron chi connectivity index (χ0n) is 26.1. The molecule has 0 radical (unpaired) electrons. The van der Waals surface area contributed by atoms with E-state index in [1.807, 2.05) is 20.8 Å². The highest BCUT2D eigenvalue weighted by molar-refractivity contribution is 5.94. The van der Waals surface area contributed by atoms with Crippen LogP contribution in [0.5, 0.6) is 0 Å². The van der Waals surface area contributed by atoms with Gasteiger partial charge in [0.1, 0.15) is 36.1 Å². The summed E-state index contributed by atoms with van der Waals surface area (Å²) < 4.78 is 29.8. The number of rotatable bonds is 2. The molecule has 5 saturated carbocycles. The lowest BCUT2D eigenvalue weighted by Crippen LogP contribution is -2.76. The highest BCUT2D eigenvalue weighted by Gasteiger charge is 2.91. The van der Waals surface area contributed by atoms with Gasteiger partial charge in [-0.1, -0.05) is 20.8 Å². The smallest absolute Gasteiger partial charge is 0.341 e. The number of ether oxygens (including phenoxy) is 5. The molecule has 3 saturated heterocycles. The maximum Gasteiger partial charge on any atom is 0.341 e. The van der Waals surface area contributed by atoms with Gasteiger partial charge in [0.25, 0.3) is 0 Å². The van der Waals surface area contributed by atoms with Gasteiger partial charge in [-0.25, -0.2) is 4.79 Å². The Balaban J connectivity index is 1.31. The molecule has 0 unspecified atom stereocenters. The monoisotopic (exact) mass is 618 g/mol. The molecule has 0 aromatic heterocycles. The van der Waals surface area contributed by atoms with E-state index in [1.165, 1.54) is 20.8 Å². The first-order valence-electron chi connectivity index (χ1n) is 15.9. The van der Waals surface area contributed by atoms with E-state index in [2.05, 4.69) is 0 Å². The van der Waals surface area contributed by atoms with E-state index < -0.39 is 111 Å². The van der Waals surface area contributed by atoms with Crippen molar-refractivity contribution in [3.63, 3.8) is 0 Å². The summed E-state index contributed by atoms with van der Waals surface area (Å²) in [5.41, 5.74) is -7.24. The number of hydrogen-bond donors (Lipinski definition) is 3. The maximum atomic E-state index is 14.2. The van der Waals surface area contributed by atoms with Crippen molar-refractivity contribution in [3.05, 3.63) is 0 Å². The number of aliphatic hydroxyl groups is 3. The van der Waals surface area contributed by atoms with Gasteiger partial charge in [0, 0.05) is 31.1 Å². The van der Waals surface area contributed by atoms with Crippen molar-refractivity contribution in [2.75, 3.05) is 0 Å². The van der Waals surface area contributed by atoms with Crippen LogP contribution >= 0.6 is 0 Å². The number of ketones is 1. The third-order valence-electron chi connectivity index (χ3n) is 14.6. The van der Waals surface area contributed by atoms with Gasteiger partial charge in [-0.15, -0.1) is 0 Å². The van der Waals surface area contributed by atoms with Gasteiger partial charge < -0.3 is 39.0 Å². The van der Waals surface area contributed by atoms with Crippen molar-refractivity contribution in [3.8, 4) is 0 Å². The summed E-state index contributed by atoms with van der Waals surface area (Å²) >= 11 is 0. The highest BCUT2D eigenvalue weighted by atomic mass is 16.8. The molecule has 3 N–H and O–H groups in total. The molecule has 44 heavy (non-hydrogen) atoms. The first kappa shape index (κ1) is 29.3. The maximum absolute atomic E-state index is 14.2. The third-order valence-corrected chi connectivity index (χ3v) is 14.6. The summed E-state index contributed by atoms with van der Waals surface area (Å²) in [4.78, 5) is 52.4. The quantitative estimate of drug-likeness (QED) is 0.224. The van der Waals surface area contributed by atoms with Crippen LogP contribution in [0.4, 0.5) is 0 Å². The zero-order valence-corrected chi connectivity index (χ0v) is 26.1. The first-order chi connectivity index (χ1) is 20.3. The van der Waals surface area contributed by atoms with Crippen LogP contribution in [0.1, 0.15) is 67.7 Å². The summed E-state index contributed by atoms with van der Waals surface area (Å²) in [7, 11) is 0.